The van der Waals surface area contributed by atoms with Gasteiger partial charge in [-0.2, -0.15) is 15.8 Å². The fraction of sp³-hybridized carbons (Fsp3) is 0.182. The SMILES string of the molecule is N#CCN(CC#N)c1ccc(C#N)c(Cl)c1. The molecular weight excluding hydrogens is 224 g/mol. The maximum absolute atomic E-state index is 8.70. The molecule has 0 aliphatic carbocycles. The van der Waals surface area contributed by atoms with Gasteiger partial charge in [-0.15, -0.1) is 0 Å². The van der Waals surface area contributed by atoms with Gasteiger partial charge in [0.25, 0.3) is 0 Å². The van der Waals surface area contributed by atoms with E-state index in [4.69, 9.17) is 27.4 Å². The third kappa shape index (κ3) is 2.64. The first-order chi connectivity index (χ1) is 7.72. The molecule has 0 aromatic heterocycles. The molecule has 78 valence electrons. The summed E-state index contributed by atoms with van der Waals surface area (Å²) >= 11 is 5.86. The summed E-state index contributed by atoms with van der Waals surface area (Å²) in [5.41, 5.74) is 1.03. The van der Waals surface area contributed by atoms with Crippen molar-refractivity contribution in [3.8, 4) is 18.2 Å². The number of nitrogens with zero attached hydrogens (tertiary/aromatic N) is 4. The Morgan fingerprint density at radius 2 is 1.75 bits per heavy atom. The largest absolute Gasteiger partial charge is 0.345 e. The average molecular weight is 231 g/mol. The van der Waals surface area contributed by atoms with E-state index in [-0.39, 0.29) is 13.1 Å². The second-order valence-electron chi connectivity index (χ2n) is 2.95. The molecule has 5 heteroatoms. The number of hydrogen-bond acceptors (Lipinski definition) is 4. The van der Waals surface area contributed by atoms with Crippen molar-refractivity contribution >= 4 is 17.3 Å². The highest BCUT2D eigenvalue weighted by atomic mass is 35.5. The fourth-order valence-electron chi connectivity index (χ4n) is 1.20. The normalized spacial score (nSPS) is 8.62. The van der Waals surface area contributed by atoms with Crippen LogP contribution in [0.2, 0.25) is 5.02 Å². The number of nitriles is 3. The Labute approximate surface area is 98.5 Å². The summed E-state index contributed by atoms with van der Waals surface area (Å²) in [5, 5.41) is 26.2. The van der Waals surface area contributed by atoms with Gasteiger partial charge in [-0.05, 0) is 18.2 Å². The van der Waals surface area contributed by atoms with Crippen molar-refractivity contribution < 1.29 is 0 Å². The molecule has 0 saturated carbocycles. The minimum atomic E-state index is 0.107. The van der Waals surface area contributed by atoms with Crippen molar-refractivity contribution in [1.29, 1.82) is 15.8 Å². The predicted octanol–water partition coefficient (Wildman–Crippen LogP) is 2.07. The molecule has 0 spiro atoms. The highest BCUT2D eigenvalue weighted by Gasteiger charge is 2.07. The van der Waals surface area contributed by atoms with E-state index in [1.54, 1.807) is 23.1 Å². The maximum atomic E-state index is 8.70. The quantitative estimate of drug-likeness (QED) is 0.745. The van der Waals surface area contributed by atoms with E-state index in [0.717, 1.165) is 0 Å². The number of halogens is 1. The zero-order chi connectivity index (χ0) is 12.0. The van der Waals surface area contributed by atoms with Gasteiger partial charge in [-0.25, -0.2) is 0 Å². The van der Waals surface area contributed by atoms with E-state index in [1.165, 1.54) is 0 Å². The van der Waals surface area contributed by atoms with Gasteiger partial charge in [-0.3, -0.25) is 0 Å². The van der Waals surface area contributed by atoms with Crippen LogP contribution in [0.25, 0.3) is 0 Å². The van der Waals surface area contributed by atoms with Crippen molar-refractivity contribution in [2.45, 2.75) is 0 Å². The van der Waals surface area contributed by atoms with Crippen molar-refractivity contribution in [2.75, 3.05) is 18.0 Å². The Kier molecular flexibility index (Phi) is 4.16. The van der Waals surface area contributed by atoms with Crippen LogP contribution in [0.1, 0.15) is 5.56 Å². The molecule has 0 amide bonds. The van der Waals surface area contributed by atoms with Crippen molar-refractivity contribution in [3.63, 3.8) is 0 Å². The highest BCUT2D eigenvalue weighted by molar-refractivity contribution is 6.32. The van der Waals surface area contributed by atoms with Crippen molar-refractivity contribution in [3.05, 3.63) is 28.8 Å². The molecule has 1 rings (SSSR count). The third-order valence-electron chi connectivity index (χ3n) is 1.96. The van der Waals surface area contributed by atoms with Crippen LogP contribution in [-0.4, -0.2) is 13.1 Å². The molecule has 0 aliphatic rings. The molecule has 0 heterocycles. The van der Waals surface area contributed by atoms with Gasteiger partial charge < -0.3 is 4.90 Å². The van der Waals surface area contributed by atoms with Gasteiger partial charge in [0.05, 0.1) is 22.7 Å². The summed E-state index contributed by atoms with van der Waals surface area (Å²) in [6, 6.07) is 10.7. The summed E-state index contributed by atoms with van der Waals surface area (Å²) in [6.45, 7) is 0.214. The number of rotatable bonds is 3. The van der Waals surface area contributed by atoms with E-state index >= 15 is 0 Å². The van der Waals surface area contributed by atoms with Crippen LogP contribution < -0.4 is 4.90 Å². The molecule has 1 aromatic rings. The summed E-state index contributed by atoms with van der Waals surface area (Å²) < 4.78 is 0. The molecule has 4 nitrogen and oxygen atoms in total. The highest BCUT2D eigenvalue weighted by Crippen LogP contribution is 2.22. The Morgan fingerprint density at radius 1 is 1.12 bits per heavy atom. The first kappa shape index (κ1) is 11.9. The maximum Gasteiger partial charge on any atom is 0.106 e. The number of benzene rings is 1. The molecule has 16 heavy (non-hydrogen) atoms. The summed E-state index contributed by atoms with van der Waals surface area (Å²) in [4.78, 5) is 1.58. The second kappa shape index (κ2) is 5.61. The molecule has 0 aliphatic heterocycles. The van der Waals surface area contributed by atoms with Crippen LogP contribution in [0.4, 0.5) is 5.69 Å². The first-order valence-electron chi connectivity index (χ1n) is 4.41. The first-order valence-corrected chi connectivity index (χ1v) is 4.79. The third-order valence-corrected chi connectivity index (χ3v) is 2.27. The monoisotopic (exact) mass is 230 g/mol. The van der Waals surface area contributed by atoms with Crippen LogP contribution in [0.3, 0.4) is 0 Å². The molecule has 0 N–H and O–H groups in total. The summed E-state index contributed by atoms with van der Waals surface area (Å²) in [6.07, 6.45) is 0. The van der Waals surface area contributed by atoms with Gasteiger partial charge in [0.1, 0.15) is 19.2 Å². The van der Waals surface area contributed by atoms with Crippen molar-refractivity contribution in [1.82, 2.24) is 0 Å². The lowest BCUT2D eigenvalue weighted by atomic mass is 10.2. The molecule has 0 saturated heterocycles. The topological polar surface area (TPSA) is 74.6 Å². The fourth-order valence-corrected chi connectivity index (χ4v) is 1.42. The van der Waals surface area contributed by atoms with Gasteiger partial charge in [0, 0.05) is 5.69 Å². The standard InChI is InChI=1S/C11H7ClN4/c12-11-7-10(2-1-9(11)8-15)16(5-3-13)6-4-14/h1-2,7H,5-6H2. The molecule has 0 fully saturated rings. The van der Waals surface area contributed by atoms with Crippen LogP contribution in [0.5, 0.6) is 0 Å². The summed E-state index contributed by atoms with van der Waals surface area (Å²) in [7, 11) is 0. The van der Waals surface area contributed by atoms with E-state index in [0.29, 0.717) is 16.3 Å². The molecule has 0 bridgehead atoms. The number of hydrogen-bond donors (Lipinski definition) is 0. The van der Waals surface area contributed by atoms with Gasteiger partial charge in [-0.1, -0.05) is 11.6 Å². The zero-order valence-corrected chi connectivity index (χ0v) is 9.07. The van der Waals surface area contributed by atoms with Crippen molar-refractivity contribution in [2.24, 2.45) is 0 Å². The van der Waals surface area contributed by atoms with E-state index in [2.05, 4.69) is 0 Å². The molecular formula is C11H7ClN4. The minimum Gasteiger partial charge on any atom is -0.345 e. The van der Waals surface area contributed by atoms with Crippen LogP contribution >= 0.6 is 11.6 Å². The van der Waals surface area contributed by atoms with Gasteiger partial charge >= 0.3 is 0 Å². The molecule has 1 aromatic carbocycles. The average Bonchev–Trinajstić information content (AvgIpc) is 2.28. The second-order valence-corrected chi connectivity index (χ2v) is 3.36. The smallest absolute Gasteiger partial charge is 0.106 e. The lowest BCUT2D eigenvalue weighted by Crippen LogP contribution is -2.23. The molecule has 0 unspecified atom stereocenters. The van der Waals surface area contributed by atoms with Crippen LogP contribution in [0.15, 0.2) is 18.2 Å². The Morgan fingerprint density at radius 3 is 2.19 bits per heavy atom. The Hall–Kier alpha value is -2.22. The van der Waals surface area contributed by atoms with Crippen LogP contribution in [-0.2, 0) is 0 Å². The molecule has 0 atom stereocenters. The zero-order valence-electron chi connectivity index (χ0n) is 8.31. The summed E-state index contributed by atoms with van der Waals surface area (Å²) in [5.74, 6) is 0. The van der Waals surface area contributed by atoms with Crippen LogP contribution in [0, 0.1) is 34.0 Å². The van der Waals surface area contributed by atoms with Gasteiger partial charge in [0.15, 0.2) is 0 Å². The number of anilines is 1. The van der Waals surface area contributed by atoms with Gasteiger partial charge in [0.2, 0.25) is 0 Å². The molecule has 0 radical (unpaired) electrons. The lowest BCUT2D eigenvalue weighted by Gasteiger charge is -2.18. The van der Waals surface area contributed by atoms with E-state index in [1.807, 2.05) is 18.2 Å². The van der Waals surface area contributed by atoms with E-state index in [9.17, 15) is 0 Å². The Bertz CT molecular complexity index is 488. The lowest BCUT2D eigenvalue weighted by molar-refractivity contribution is 0.966. The Balaban J connectivity index is 3.04. The predicted molar refractivity (Wildman–Crippen MR) is 59.6 cm³/mol. The van der Waals surface area contributed by atoms with E-state index < -0.39 is 0 Å². The minimum absolute atomic E-state index is 0.107.